The average Bonchev–Trinajstić information content (AvgIpc) is 2.13. The SMILES string of the molecule is COC(COCC(OC)P(=O)(O)O)P(=O)(O)O. The van der Waals surface area contributed by atoms with Gasteiger partial charge in [0.1, 0.15) is 0 Å². The summed E-state index contributed by atoms with van der Waals surface area (Å²) in [6.45, 7) is -0.999. The number of ether oxygens (including phenoxy) is 3. The lowest BCUT2D eigenvalue weighted by molar-refractivity contribution is -0.00200. The molecule has 0 fully saturated rings. The number of rotatable bonds is 8. The Balaban J connectivity index is 4.22. The molecule has 0 saturated carbocycles. The maximum absolute atomic E-state index is 10.8. The molecule has 9 nitrogen and oxygen atoms in total. The molecular weight excluding hydrogens is 278 g/mol. The van der Waals surface area contributed by atoms with Crippen molar-refractivity contribution in [2.75, 3.05) is 27.4 Å². The Hall–Kier alpha value is 0.180. The molecule has 0 saturated heterocycles. The molecule has 0 spiro atoms. The maximum atomic E-state index is 10.8. The van der Waals surface area contributed by atoms with Crippen LogP contribution >= 0.6 is 15.2 Å². The molecule has 0 aliphatic heterocycles. The summed E-state index contributed by atoms with van der Waals surface area (Å²) < 4.78 is 35.4. The third-order valence-corrected chi connectivity index (χ3v) is 4.04. The summed E-state index contributed by atoms with van der Waals surface area (Å²) in [6.07, 6.45) is 0. The molecule has 0 heterocycles. The van der Waals surface area contributed by atoms with Crippen molar-refractivity contribution < 1.29 is 42.9 Å². The summed E-state index contributed by atoms with van der Waals surface area (Å²) in [5, 5.41) is 0. The van der Waals surface area contributed by atoms with Crippen molar-refractivity contribution in [3.8, 4) is 0 Å². The molecule has 0 bridgehead atoms. The zero-order valence-corrected chi connectivity index (χ0v) is 11.1. The van der Waals surface area contributed by atoms with E-state index >= 15 is 0 Å². The topological polar surface area (TPSA) is 143 Å². The van der Waals surface area contributed by atoms with E-state index in [0.717, 1.165) is 14.2 Å². The lowest BCUT2D eigenvalue weighted by atomic mass is 10.7. The van der Waals surface area contributed by atoms with Crippen LogP contribution in [0.25, 0.3) is 0 Å². The Morgan fingerprint density at radius 2 is 1.18 bits per heavy atom. The fourth-order valence-electron chi connectivity index (χ4n) is 0.875. The van der Waals surface area contributed by atoms with Gasteiger partial charge >= 0.3 is 15.2 Å². The van der Waals surface area contributed by atoms with E-state index in [1.54, 1.807) is 0 Å². The van der Waals surface area contributed by atoms with E-state index in [2.05, 4.69) is 9.47 Å². The van der Waals surface area contributed by atoms with E-state index in [9.17, 15) is 9.13 Å². The van der Waals surface area contributed by atoms with Gasteiger partial charge in [-0.3, -0.25) is 9.13 Å². The number of methoxy groups -OCH3 is 2. The van der Waals surface area contributed by atoms with Gasteiger partial charge in [0.15, 0.2) is 11.7 Å². The van der Waals surface area contributed by atoms with Crippen molar-refractivity contribution in [2.45, 2.75) is 11.7 Å². The van der Waals surface area contributed by atoms with Gasteiger partial charge in [-0.25, -0.2) is 0 Å². The van der Waals surface area contributed by atoms with Gasteiger partial charge in [0, 0.05) is 14.2 Å². The fourth-order valence-corrected chi connectivity index (χ4v) is 2.02. The number of hydrogen-bond acceptors (Lipinski definition) is 5. The molecule has 2 unspecified atom stereocenters. The molecule has 4 N–H and O–H groups in total. The molecular formula is C6H16O9P2. The lowest BCUT2D eigenvalue weighted by Crippen LogP contribution is -2.24. The molecule has 0 aliphatic carbocycles. The Kier molecular flexibility index (Phi) is 7.01. The third kappa shape index (κ3) is 6.61. The van der Waals surface area contributed by atoms with Crippen LogP contribution in [0.4, 0.5) is 0 Å². The first-order valence-electron chi connectivity index (χ1n) is 4.36. The molecule has 17 heavy (non-hydrogen) atoms. The van der Waals surface area contributed by atoms with Crippen LogP contribution in [0.15, 0.2) is 0 Å². The van der Waals surface area contributed by atoms with E-state index in [4.69, 9.17) is 24.3 Å². The summed E-state index contributed by atoms with van der Waals surface area (Å²) in [5.41, 5.74) is 0. The van der Waals surface area contributed by atoms with Crippen LogP contribution in [0.2, 0.25) is 0 Å². The molecule has 0 aromatic carbocycles. The second-order valence-corrected chi connectivity index (χ2v) is 6.60. The van der Waals surface area contributed by atoms with Crippen LogP contribution in [-0.4, -0.2) is 58.7 Å². The van der Waals surface area contributed by atoms with Crippen molar-refractivity contribution in [3.05, 3.63) is 0 Å². The van der Waals surface area contributed by atoms with E-state index in [0.29, 0.717) is 0 Å². The second-order valence-electron chi connectivity index (χ2n) is 3.10. The number of hydrogen-bond donors (Lipinski definition) is 4. The smallest absolute Gasteiger partial charge is 0.356 e. The first kappa shape index (κ1) is 17.2. The minimum atomic E-state index is -4.47. The Morgan fingerprint density at radius 1 is 0.882 bits per heavy atom. The van der Waals surface area contributed by atoms with Gasteiger partial charge < -0.3 is 33.8 Å². The fraction of sp³-hybridized carbons (Fsp3) is 1.00. The van der Waals surface area contributed by atoms with Crippen LogP contribution < -0.4 is 0 Å². The second kappa shape index (κ2) is 6.94. The predicted octanol–water partition coefficient (Wildman–Crippen LogP) is -0.697. The standard InChI is InChI=1S/C6H16O9P2/c1-13-5(16(7,8)9)3-15-4-6(14-2)17(10,11)12/h5-6H,3-4H2,1-2H3,(H2,7,8,9)(H2,10,11,12). The quantitative estimate of drug-likeness (QED) is 0.427. The summed E-state index contributed by atoms with van der Waals surface area (Å²) in [4.78, 5) is 35.1. The first-order valence-corrected chi connectivity index (χ1v) is 7.73. The highest BCUT2D eigenvalue weighted by Gasteiger charge is 2.32. The molecule has 2 atom stereocenters. The van der Waals surface area contributed by atoms with Crippen LogP contribution in [0, 0.1) is 0 Å². The van der Waals surface area contributed by atoms with Crippen molar-refractivity contribution in [3.63, 3.8) is 0 Å². The molecule has 11 heteroatoms. The minimum Gasteiger partial charge on any atom is -0.375 e. The normalized spacial score (nSPS) is 16.8. The van der Waals surface area contributed by atoms with Gasteiger partial charge in [0.25, 0.3) is 0 Å². The average molecular weight is 294 g/mol. The maximum Gasteiger partial charge on any atom is 0.356 e. The van der Waals surface area contributed by atoms with E-state index < -0.39 is 40.1 Å². The van der Waals surface area contributed by atoms with Crippen LogP contribution in [0.1, 0.15) is 0 Å². The summed E-state index contributed by atoms with van der Waals surface area (Å²) in [5.74, 6) is -2.95. The van der Waals surface area contributed by atoms with Gasteiger partial charge in [0.05, 0.1) is 13.2 Å². The van der Waals surface area contributed by atoms with Gasteiger partial charge in [-0.1, -0.05) is 0 Å². The molecule has 0 aliphatic rings. The molecule has 0 aromatic heterocycles. The van der Waals surface area contributed by atoms with Crippen molar-refractivity contribution in [1.29, 1.82) is 0 Å². The minimum absolute atomic E-state index is 0.499. The zero-order chi connectivity index (χ0) is 13.7. The van der Waals surface area contributed by atoms with Gasteiger partial charge in [0.2, 0.25) is 0 Å². The zero-order valence-electron chi connectivity index (χ0n) is 9.29. The Morgan fingerprint density at radius 3 is 1.35 bits per heavy atom. The van der Waals surface area contributed by atoms with E-state index in [1.807, 2.05) is 0 Å². The third-order valence-electron chi connectivity index (χ3n) is 1.82. The lowest BCUT2D eigenvalue weighted by Gasteiger charge is -2.20. The Labute approximate surface area is 98.0 Å². The van der Waals surface area contributed by atoms with Crippen molar-refractivity contribution >= 4 is 15.2 Å². The first-order chi connectivity index (χ1) is 7.62. The molecule has 104 valence electrons. The van der Waals surface area contributed by atoms with Crippen molar-refractivity contribution in [2.24, 2.45) is 0 Å². The highest BCUT2D eigenvalue weighted by Crippen LogP contribution is 2.43. The molecule has 0 rings (SSSR count). The van der Waals surface area contributed by atoms with E-state index in [1.165, 1.54) is 0 Å². The molecule has 0 radical (unpaired) electrons. The predicted molar refractivity (Wildman–Crippen MR) is 56.5 cm³/mol. The van der Waals surface area contributed by atoms with Crippen LogP contribution in [0.5, 0.6) is 0 Å². The van der Waals surface area contributed by atoms with Crippen LogP contribution in [0.3, 0.4) is 0 Å². The largest absolute Gasteiger partial charge is 0.375 e. The molecule has 0 amide bonds. The molecule has 0 aromatic rings. The van der Waals surface area contributed by atoms with Crippen molar-refractivity contribution in [1.82, 2.24) is 0 Å². The van der Waals surface area contributed by atoms with Gasteiger partial charge in [-0.15, -0.1) is 0 Å². The summed E-state index contributed by atoms with van der Waals surface area (Å²) >= 11 is 0. The summed E-state index contributed by atoms with van der Waals surface area (Å²) in [6, 6.07) is 0. The Bertz CT molecular complexity index is 277. The van der Waals surface area contributed by atoms with Gasteiger partial charge in [-0.2, -0.15) is 0 Å². The monoisotopic (exact) mass is 294 g/mol. The van der Waals surface area contributed by atoms with Gasteiger partial charge in [-0.05, 0) is 0 Å². The summed E-state index contributed by atoms with van der Waals surface area (Å²) in [7, 11) is -6.76. The highest BCUT2D eigenvalue weighted by molar-refractivity contribution is 7.52. The highest BCUT2D eigenvalue weighted by atomic mass is 31.2. The van der Waals surface area contributed by atoms with E-state index in [-0.39, 0.29) is 0 Å². The van der Waals surface area contributed by atoms with Crippen LogP contribution in [-0.2, 0) is 23.3 Å².